The van der Waals surface area contributed by atoms with Gasteiger partial charge in [-0.1, -0.05) is 66.7 Å². The summed E-state index contributed by atoms with van der Waals surface area (Å²) in [6.45, 7) is 2.75. The molecule has 1 heterocycles. The Morgan fingerprint density at radius 3 is 2.59 bits per heavy atom. The third-order valence-electron chi connectivity index (χ3n) is 6.38. The molecule has 4 nitrogen and oxygen atoms in total. The molecule has 3 aromatic carbocycles. The van der Waals surface area contributed by atoms with Gasteiger partial charge in [-0.05, 0) is 54.2 Å². The maximum atomic E-state index is 12.6. The van der Waals surface area contributed by atoms with Crippen molar-refractivity contribution in [2.24, 2.45) is 5.92 Å². The van der Waals surface area contributed by atoms with Crippen molar-refractivity contribution in [1.29, 1.82) is 0 Å². The minimum atomic E-state index is -0.277. The largest absolute Gasteiger partial charge is 0.489 e. The van der Waals surface area contributed by atoms with Crippen LogP contribution in [0.1, 0.15) is 52.4 Å². The van der Waals surface area contributed by atoms with E-state index in [9.17, 15) is 4.79 Å². The van der Waals surface area contributed by atoms with Gasteiger partial charge in [0.05, 0.1) is 23.9 Å². The van der Waals surface area contributed by atoms with Crippen LogP contribution >= 0.6 is 0 Å². The highest BCUT2D eigenvalue weighted by Gasteiger charge is 2.39. The number of hydrogen-bond acceptors (Lipinski definition) is 4. The molecule has 2 aliphatic rings. The van der Waals surface area contributed by atoms with E-state index in [4.69, 9.17) is 9.47 Å². The molecule has 1 aliphatic heterocycles. The van der Waals surface area contributed by atoms with Crippen LogP contribution in [0, 0.1) is 5.92 Å². The molecular weight excluding hydrogens is 398 g/mol. The van der Waals surface area contributed by atoms with E-state index in [0.29, 0.717) is 30.6 Å². The highest BCUT2D eigenvalue weighted by molar-refractivity contribution is 5.97. The molecule has 1 N–H and O–H groups in total. The molecule has 0 saturated heterocycles. The maximum absolute atomic E-state index is 12.6. The predicted molar refractivity (Wildman–Crippen MR) is 126 cm³/mol. The summed E-state index contributed by atoms with van der Waals surface area (Å²) in [6.07, 6.45) is 5.55. The van der Waals surface area contributed by atoms with Gasteiger partial charge in [-0.2, -0.15) is 0 Å². The Labute approximate surface area is 188 Å². The molecule has 4 heteroatoms. The van der Waals surface area contributed by atoms with Crippen LogP contribution in [0.2, 0.25) is 0 Å². The molecular formula is C28H27NO3. The molecule has 0 unspecified atom stereocenters. The lowest BCUT2D eigenvalue weighted by Crippen LogP contribution is -2.30. The normalized spacial score (nSPS) is 20.7. The van der Waals surface area contributed by atoms with Crippen molar-refractivity contribution >= 4 is 11.7 Å². The zero-order valence-electron chi connectivity index (χ0n) is 18.2. The Morgan fingerprint density at radius 1 is 1.00 bits per heavy atom. The average molecular weight is 426 g/mol. The van der Waals surface area contributed by atoms with Gasteiger partial charge in [0.1, 0.15) is 12.4 Å². The smallest absolute Gasteiger partial charge is 0.340 e. The molecule has 0 saturated carbocycles. The Morgan fingerprint density at radius 2 is 1.81 bits per heavy atom. The van der Waals surface area contributed by atoms with Gasteiger partial charge < -0.3 is 14.8 Å². The van der Waals surface area contributed by atoms with Crippen molar-refractivity contribution in [3.05, 3.63) is 107 Å². The molecule has 1 aliphatic carbocycles. The van der Waals surface area contributed by atoms with Crippen molar-refractivity contribution in [3.63, 3.8) is 0 Å². The molecule has 0 radical (unpaired) electrons. The average Bonchev–Trinajstić information content (AvgIpc) is 3.33. The van der Waals surface area contributed by atoms with Crippen LogP contribution in [0.15, 0.2) is 84.9 Å². The lowest BCUT2D eigenvalue weighted by atomic mass is 9.76. The van der Waals surface area contributed by atoms with Gasteiger partial charge in [0.15, 0.2) is 0 Å². The SMILES string of the molecule is CCOC(=O)c1cccc2c1N[C@@H](c1ccc(OCc3ccccc3)cc1)[C@H]1CC=C[C@@H]21. The number of allylic oxidation sites excluding steroid dienone is 2. The lowest BCUT2D eigenvalue weighted by molar-refractivity contribution is 0.0527. The van der Waals surface area contributed by atoms with E-state index >= 15 is 0 Å². The number of carbonyl (C=O) groups excluding carboxylic acids is 1. The van der Waals surface area contributed by atoms with Crippen molar-refractivity contribution in [3.8, 4) is 5.75 Å². The summed E-state index contributed by atoms with van der Waals surface area (Å²) in [6, 6.07) is 24.5. The van der Waals surface area contributed by atoms with E-state index in [2.05, 4.69) is 47.8 Å². The van der Waals surface area contributed by atoms with Crippen LogP contribution in [0.25, 0.3) is 0 Å². The molecule has 0 bridgehead atoms. The summed E-state index contributed by atoms with van der Waals surface area (Å²) in [5.41, 5.74) is 5.02. The minimum absolute atomic E-state index is 0.112. The first kappa shape index (κ1) is 20.4. The van der Waals surface area contributed by atoms with Gasteiger partial charge in [-0.3, -0.25) is 0 Å². The first-order valence-corrected chi connectivity index (χ1v) is 11.2. The second-order valence-corrected chi connectivity index (χ2v) is 8.31. The molecule has 162 valence electrons. The summed E-state index contributed by atoms with van der Waals surface area (Å²) >= 11 is 0. The van der Waals surface area contributed by atoms with Crippen molar-refractivity contribution in [1.82, 2.24) is 0 Å². The predicted octanol–water partition coefficient (Wildman–Crippen LogP) is 6.27. The Bertz CT molecular complexity index is 1120. The highest BCUT2D eigenvalue weighted by atomic mass is 16.5. The molecule has 32 heavy (non-hydrogen) atoms. The van der Waals surface area contributed by atoms with Crippen LogP contribution < -0.4 is 10.1 Å². The first-order valence-electron chi connectivity index (χ1n) is 11.2. The van der Waals surface area contributed by atoms with Crippen molar-refractivity contribution < 1.29 is 14.3 Å². The van der Waals surface area contributed by atoms with Crippen LogP contribution in [-0.2, 0) is 11.3 Å². The van der Waals surface area contributed by atoms with Crippen molar-refractivity contribution in [2.75, 3.05) is 11.9 Å². The van der Waals surface area contributed by atoms with E-state index in [1.165, 1.54) is 11.1 Å². The van der Waals surface area contributed by atoms with Gasteiger partial charge in [0.2, 0.25) is 0 Å². The van der Waals surface area contributed by atoms with Crippen LogP contribution in [0.4, 0.5) is 5.69 Å². The number of rotatable bonds is 6. The van der Waals surface area contributed by atoms with Gasteiger partial charge in [0, 0.05) is 5.92 Å². The van der Waals surface area contributed by atoms with E-state index in [0.717, 1.165) is 23.4 Å². The molecule has 0 spiro atoms. The summed E-state index contributed by atoms with van der Waals surface area (Å²) < 4.78 is 11.3. The van der Waals surface area contributed by atoms with Crippen LogP contribution in [0.5, 0.6) is 5.75 Å². The standard InChI is InChI=1S/C28H27NO3/c1-2-31-28(30)25-13-7-12-24-22-10-6-11-23(22)26(29-27(24)25)20-14-16-21(17-15-20)32-18-19-8-4-3-5-9-19/h3-10,12-17,22-23,26,29H,2,11,18H2,1H3/t22-,23+,26+/m1/s1. The fourth-order valence-electron chi connectivity index (χ4n) is 4.84. The van der Waals surface area contributed by atoms with E-state index in [-0.39, 0.29) is 12.0 Å². The van der Waals surface area contributed by atoms with E-state index < -0.39 is 0 Å². The second-order valence-electron chi connectivity index (χ2n) is 8.31. The monoisotopic (exact) mass is 425 g/mol. The zero-order valence-corrected chi connectivity index (χ0v) is 18.2. The summed E-state index contributed by atoms with van der Waals surface area (Å²) in [7, 11) is 0. The number of para-hydroxylation sites is 1. The third-order valence-corrected chi connectivity index (χ3v) is 6.38. The fraction of sp³-hybridized carbons (Fsp3) is 0.250. The van der Waals surface area contributed by atoms with E-state index in [1.54, 1.807) is 0 Å². The van der Waals surface area contributed by atoms with Gasteiger partial charge >= 0.3 is 5.97 Å². The number of carbonyl (C=O) groups is 1. The van der Waals surface area contributed by atoms with Crippen LogP contribution in [0.3, 0.4) is 0 Å². The number of ether oxygens (including phenoxy) is 2. The Hall–Kier alpha value is -3.53. The van der Waals surface area contributed by atoms with E-state index in [1.807, 2.05) is 49.4 Å². The number of hydrogen-bond donors (Lipinski definition) is 1. The molecule has 3 aromatic rings. The van der Waals surface area contributed by atoms with Gasteiger partial charge in [0.25, 0.3) is 0 Å². The number of fused-ring (bicyclic) bond motifs is 3. The number of nitrogens with one attached hydrogen (secondary N) is 1. The summed E-state index contributed by atoms with van der Waals surface area (Å²) in [5.74, 6) is 1.28. The van der Waals surface area contributed by atoms with Crippen LogP contribution in [-0.4, -0.2) is 12.6 Å². The van der Waals surface area contributed by atoms with Gasteiger partial charge in [-0.25, -0.2) is 4.79 Å². The fourth-order valence-corrected chi connectivity index (χ4v) is 4.84. The second kappa shape index (κ2) is 8.91. The minimum Gasteiger partial charge on any atom is -0.489 e. The summed E-state index contributed by atoms with van der Waals surface area (Å²) in [5, 5.41) is 3.69. The first-order chi connectivity index (χ1) is 15.7. The number of esters is 1. The zero-order chi connectivity index (χ0) is 21.9. The molecule has 0 amide bonds. The third kappa shape index (κ3) is 3.89. The van der Waals surface area contributed by atoms with Crippen molar-refractivity contribution in [2.45, 2.75) is 31.9 Å². The number of anilines is 1. The summed E-state index contributed by atoms with van der Waals surface area (Å²) in [4.78, 5) is 12.6. The molecule has 3 atom stereocenters. The maximum Gasteiger partial charge on any atom is 0.340 e. The molecule has 0 aromatic heterocycles. The molecule has 0 fully saturated rings. The topological polar surface area (TPSA) is 47.6 Å². The Kier molecular flexibility index (Phi) is 5.68. The van der Waals surface area contributed by atoms with Gasteiger partial charge in [-0.15, -0.1) is 0 Å². The quantitative estimate of drug-likeness (QED) is 0.374. The molecule has 5 rings (SSSR count). The number of benzene rings is 3. The lowest BCUT2D eigenvalue weighted by Gasteiger charge is -2.38. The Balaban J connectivity index is 1.39. The highest BCUT2D eigenvalue weighted by Crippen LogP contribution is 2.50.